The molecule has 20 heavy (non-hydrogen) atoms. The smallest absolute Gasteiger partial charge is 0.356 e. The SMILES string of the molecule is Cn1cnc(CNC(=O)Nc2cccnc2C(=O)O)n1. The van der Waals surface area contributed by atoms with Crippen LogP contribution in [0.25, 0.3) is 0 Å². The lowest BCUT2D eigenvalue weighted by atomic mass is 10.3. The third-order valence-electron chi connectivity index (χ3n) is 2.31. The van der Waals surface area contributed by atoms with Crippen LogP contribution >= 0.6 is 0 Å². The maximum absolute atomic E-state index is 11.7. The van der Waals surface area contributed by atoms with Crippen LogP contribution in [0.2, 0.25) is 0 Å². The second-order valence-electron chi connectivity index (χ2n) is 3.85. The summed E-state index contributed by atoms with van der Waals surface area (Å²) in [6, 6.07) is 2.42. The summed E-state index contributed by atoms with van der Waals surface area (Å²) in [7, 11) is 1.71. The zero-order valence-corrected chi connectivity index (χ0v) is 10.6. The van der Waals surface area contributed by atoms with E-state index < -0.39 is 12.0 Å². The Morgan fingerprint density at radius 2 is 2.20 bits per heavy atom. The molecule has 2 amide bonds. The van der Waals surface area contributed by atoms with E-state index in [4.69, 9.17) is 5.11 Å². The van der Waals surface area contributed by atoms with E-state index in [1.165, 1.54) is 29.3 Å². The van der Waals surface area contributed by atoms with Gasteiger partial charge in [0.05, 0.1) is 12.2 Å². The van der Waals surface area contributed by atoms with Crippen molar-refractivity contribution in [2.24, 2.45) is 7.05 Å². The van der Waals surface area contributed by atoms with E-state index in [1.807, 2.05) is 0 Å². The van der Waals surface area contributed by atoms with Crippen LogP contribution in [-0.2, 0) is 13.6 Å². The second kappa shape index (κ2) is 5.78. The van der Waals surface area contributed by atoms with Gasteiger partial charge in [-0.3, -0.25) is 4.68 Å². The Bertz CT molecular complexity index is 639. The van der Waals surface area contributed by atoms with Gasteiger partial charge in [0.2, 0.25) is 0 Å². The standard InChI is InChI=1S/C11H12N6O3/c1-17-6-14-8(16-17)5-13-11(20)15-7-3-2-4-12-9(7)10(18)19/h2-4,6H,5H2,1H3,(H,18,19)(H2,13,15,20). The van der Waals surface area contributed by atoms with Gasteiger partial charge in [-0.2, -0.15) is 5.10 Å². The molecule has 0 bridgehead atoms. The van der Waals surface area contributed by atoms with Gasteiger partial charge in [-0.1, -0.05) is 0 Å². The van der Waals surface area contributed by atoms with Gasteiger partial charge in [0, 0.05) is 13.2 Å². The number of carbonyl (C=O) groups excluding carboxylic acids is 1. The van der Waals surface area contributed by atoms with Crippen molar-refractivity contribution < 1.29 is 14.7 Å². The number of rotatable bonds is 4. The van der Waals surface area contributed by atoms with Crippen LogP contribution < -0.4 is 10.6 Å². The van der Waals surface area contributed by atoms with Gasteiger partial charge in [0.25, 0.3) is 0 Å². The number of aromatic nitrogens is 4. The highest BCUT2D eigenvalue weighted by Gasteiger charge is 2.13. The number of amides is 2. The van der Waals surface area contributed by atoms with Crippen molar-refractivity contribution in [2.75, 3.05) is 5.32 Å². The Morgan fingerprint density at radius 1 is 1.40 bits per heavy atom. The first-order valence-corrected chi connectivity index (χ1v) is 5.64. The molecule has 0 radical (unpaired) electrons. The van der Waals surface area contributed by atoms with Gasteiger partial charge >= 0.3 is 12.0 Å². The summed E-state index contributed by atoms with van der Waals surface area (Å²) in [5.74, 6) is -0.764. The molecule has 0 aliphatic carbocycles. The van der Waals surface area contributed by atoms with Gasteiger partial charge in [-0.25, -0.2) is 19.6 Å². The van der Waals surface area contributed by atoms with E-state index >= 15 is 0 Å². The first-order chi connectivity index (χ1) is 9.56. The highest BCUT2D eigenvalue weighted by Crippen LogP contribution is 2.11. The lowest BCUT2D eigenvalue weighted by Crippen LogP contribution is -2.29. The zero-order chi connectivity index (χ0) is 14.5. The average molecular weight is 276 g/mol. The first kappa shape index (κ1) is 13.5. The summed E-state index contributed by atoms with van der Waals surface area (Å²) < 4.78 is 1.51. The molecule has 0 fully saturated rings. The Labute approximate surface area is 113 Å². The summed E-state index contributed by atoms with van der Waals surface area (Å²) >= 11 is 0. The predicted molar refractivity (Wildman–Crippen MR) is 68.1 cm³/mol. The van der Waals surface area contributed by atoms with Crippen LogP contribution in [0.5, 0.6) is 0 Å². The molecule has 0 saturated heterocycles. The van der Waals surface area contributed by atoms with Gasteiger partial charge in [0.1, 0.15) is 6.33 Å². The van der Waals surface area contributed by atoms with Crippen LogP contribution in [0, 0.1) is 0 Å². The number of urea groups is 1. The van der Waals surface area contributed by atoms with Gasteiger partial charge in [0.15, 0.2) is 11.5 Å². The Kier molecular flexibility index (Phi) is 3.89. The third kappa shape index (κ3) is 3.28. The van der Waals surface area contributed by atoms with E-state index in [0.29, 0.717) is 5.82 Å². The Balaban J connectivity index is 1.96. The maximum atomic E-state index is 11.7. The van der Waals surface area contributed by atoms with Crippen molar-refractivity contribution in [1.29, 1.82) is 0 Å². The molecule has 2 heterocycles. The molecule has 104 valence electrons. The summed E-state index contributed by atoms with van der Waals surface area (Å²) in [6.07, 6.45) is 2.85. The number of hydrogen-bond acceptors (Lipinski definition) is 5. The summed E-state index contributed by atoms with van der Waals surface area (Å²) in [5, 5.41) is 17.9. The molecule has 0 unspecified atom stereocenters. The number of hydrogen-bond donors (Lipinski definition) is 3. The number of carbonyl (C=O) groups is 2. The van der Waals surface area contributed by atoms with Crippen LogP contribution in [0.4, 0.5) is 10.5 Å². The lowest BCUT2D eigenvalue weighted by Gasteiger charge is -2.07. The van der Waals surface area contributed by atoms with Gasteiger partial charge in [-0.05, 0) is 12.1 Å². The normalized spacial score (nSPS) is 10.1. The number of pyridine rings is 1. The molecule has 3 N–H and O–H groups in total. The van der Waals surface area contributed by atoms with Crippen LogP contribution in [-0.4, -0.2) is 36.9 Å². The molecule has 0 atom stereocenters. The Morgan fingerprint density at radius 3 is 2.85 bits per heavy atom. The van der Waals surface area contributed by atoms with E-state index in [0.717, 1.165) is 0 Å². The second-order valence-corrected chi connectivity index (χ2v) is 3.85. The minimum Gasteiger partial charge on any atom is -0.476 e. The number of anilines is 1. The number of nitrogens with one attached hydrogen (secondary N) is 2. The monoisotopic (exact) mass is 276 g/mol. The third-order valence-corrected chi connectivity index (χ3v) is 2.31. The molecular formula is C11H12N6O3. The minimum absolute atomic E-state index is 0.117. The highest BCUT2D eigenvalue weighted by atomic mass is 16.4. The zero-order valence-electron chi connectivity index (χ0n) is 10.6. The summed E-state index contributed by atoms with van der Waals surface area (Å²) in [4.78, 5) is 30.2. The molecule has 9 heteroatoms. The van der Waals surface area contributed by atoms with Crippen LogP contribution in [0.15, 0.2) is 24.7 Å². The average Bonchev–Trinajstić information content (AvgIpc) is 2.83. The number of carboxylic acids is 1. The van der Waals surface area contributed by atoms with Crippen molar-refractivity contribution in [3.8, 4) is 0 Å². The number of aromatic carboxylic acids is 1. The minimum atomic E-state index is -1.22. The fourth-order valence-electron chi connectivity index (χ4n) is 1.47. The molecule has 0 saturated carbocycles. The molecule has 0 aromatic carbocycles. The molecule has 0 spiro atoms. The fourth-order valence-corrected chi connectivity index (χ4v) is 1.47. The molecule has 9 nitrogen and oxygen atoms in total. The van der Waals surface area contributed by atoms with Gasteiger partial charge < -0.3 is 15.7 Å². The lowest BCUT2D eigenvalue weighted by molar-refractivity contribution is 0.0691. The van der Waals surface area contributed by atoms with Crippen LogP contribution in [0.1, 0.15) is 16.3 Å². The van der Waals surface area contributed by atoms with Crippen molar-refractivity contribution in [3.05, 3.63) is 36.2 Å². The molecule has 0 aliphatic rings. The first-order valence-electron chi connectivity index (χ1n) is 5.64. The quantitative estimate of drug-likeness (QED) is 0.734. The van der Waals surface area contributed by atoms with Crippen molar-refractivity contribution in [3.63, 3.8) is 0 Å². The van der Waals surface area contributed by atoms with Crippen LogP contribution in [0.3, 0.4) is 0 Å². The molecule has 2 rings (SSSR count). The highest BCUT2D eigenvalue weighted by molar-refractivity contribution is 5.98. The van der Waals surface area contributed by atoms with Crippen molar-refractivity contribution >= 4 is 17.7 Å². The van der Waals surface area contributed by atoms with Gasteiger partial charge in [-0.15, -0.1) is 0 Å². The largest absolute Gasteiger partial charge is 0.476 e. The molecule has 2 aromatic heterocycles. The predicted octanol–water partition coefficient (Wildman–Crippen LogP) is 0.230. The summed E-state index contributed by atoms with van der Waals surface area (Å²) in [6.45, 7) is 0.134. The summed E-state index contributed by atoms with van der Waals surface area (Å²) in [5.41, 5.74) is -0.106. The molecule has 0 aliphatic heterocycles. The van der Waals surface area contributed by atoms with Crippen molar-refractivity contribution in [1.82, 2.24) is 25.1 Å². The fraction of sp³-hybridized carbons (Fsp3) is 0.182. The van der Waals surface area contributed by atoms with E-state index in [9.17, 15) is 9.59 Å². The maximum Gasteiger partial charge on any atom is 0.356 e. The molecule has 2 aromatic rings. The number of aryl methyl sites for hydroxylation is 1. The number of nitrogens with zero attached hydrogens (tertiary/aromatic N) is 4. The number of carboxylic acid groups (broad SMARTS) is 1. The van der Waals surface area contributed by atoms with E-state index in [1.54, 1.807) is 7.05 Å². The van der Waals surface area contributed by atoms with Crippen molar-refractivity contribution in [2.45, 2.75) is 6.54 Å². The van der Waals surface area contributed by atoms with E-state index in [2.05, 4.69) is 25.7 Å². The topological polar surface area (TPSA) is 122 Å². The van der Waals surface area contributed by atoms with E-state index in [-0.39, 0.29) is 17.9 Å². The molecular weight excluding hydrogens is 264 g/mol. The Hall–Kier alpha value is -2.97.